The Hall–Kier alpha value is -1.92. The van der Waals surface area contributed by atoms with Crippen molar-refractivity contribution >= 4 is 17.5 Å². The standard InChI is InChI=1S/C19H28N4O2/c20-16-6-3-15(13-16)19(25)22-17-7-4-14(5-8-17)18(24)21-9-12-23-10-1-2-11-23/h4-5,7-8,15-16H,1-3,6,9-13,20H2,(H,21,24)(H,22,25). The van der Waals surface area contributed by atoms with Gasteiger partial charge < -0.3 is 21.3 Å². The molecule has 0 spiro atoms. The van der Waals surface area contributed by atoms with Crippen molar-refractivity contribution in [3.05, 3.63) is 29.8 Å². The molecule has 4 N–H and O–H groups in total. The lowest BCUT2D eigenvalue weighted by Crippen LogP contribution is -2.33. The largest absolute Gasteiger partial charge is 0.351 e. The van der Waals surface area contributed by atoms with Crippen LogP contribution in [-0.4, -0.2) is 48.9 Å². The number of nitrogens with two attached hydrogens (primary N) is 1. The zero-order valence-corrected chi connectivity index (χ0v) is 14.7. The summed E-state index contributed by atoms with van der Waals surface area (Å²) in [6, 6.07) is 7.20. The molecular weight excluding hydrogens is 316 g/mol. The van der Waals surface area contributed by atoms with Crippen molar-refractivity contribution in [2.24, 2.45) is 11.7 Å². The van der Waals surface area contributed by atoms with Crippen molar-refractivity contribution in [3.8, 4) is 0 Å². The molecule has 0 bridgehead atoms. The molecule has 1 saturated carbocycles. The van der Waals surface area contributed by atoms with Gasteiger partial charge in [0.15, 0.2) is 0 Å². The predicted molar refractivity (Wildman–Crippen MR) is 98.4 cm³/mol. The maximum Gasteiger partial charge on any atom is 0.251 e. The lowest BCUT2D eigenvalue weighted by Gasteiger charge is -2.15. The van der Waals surface area contributed by atoms with Gasteiger partial charge in [0.2, 0.25) is 5.91 Å². The third-order valence-corrected chi connectivity index (χ3v) is 5.17. The number of carbonyl (C=O) groups is 2. The quantitative estimate of drug-likeness (QED) is 0.731. The first-order valence-electron chi connectivity index (χ1n) is 9.29. The Balaban J connectivity index is 1.44. The average Bonchev–Trinajstić information content (AvgIpc) is 3.27. The normalized spacial score (nSPS) is 23.6. The fraction of sp³-hybridized carbons (Fsp3) is 0.579. The molecule has 136 valence electrons. The second-order valence-corrected chi connectivity index (χ2v) is 7.14. The highest BCUT2D eigenvalue weighted by molar-refractivity contribution is 5.96. The first-order valence-corrected chi connectivity index (χ1v) is 9.29. The summed E-state index contributed by atoms with van der Waals surface area (Å²) in [5.74, 6) is -0.0434. The molecule has 1 aromatic rings. The van der Waals surface area contributed by atoms with E-state index < -0.39 is 0 Å². The number of amides is 2. The number of likely N-dealkylation sites (tertiary alicyclic amines) is 1. The molecule has 1 aliphatic heterocycles. The monoisotopic (exact) mass is 344 g/mol. The SMILES string of the molecule is NC1CCC(C(=O)Nc2ccc(C(=O)NCCN3CCCC3)cc2)C1. The van der Waals surface area contributed by atoms with Crippen LogP contribution in [0.1, 0.15) is 42.5 Å². The minimum atomic E-state index is -0.0705. The fourth-order valence-corrected chi connectivity index (χ4v) is 3.64. The van der Waals surface area contributed by atoms with Gasteiger partial charge >= 0.3 is 0 Å². The molecule has 2 atom stereocenters. The van der Waals surface area contributed by atoms with Gasteiger partial charge in [-0.3, -0.25) is 9.59 Å². The molecule has 2 unspecified atom stereocenters. The predicted octanol–water partition coefficient (Wildman–Crippen LogP) is 1.58. The third-order valence-electron chi connectivity index (χ3n) is 5.17. The van der Waals surface area contributed by atoms with Gasteiger partial charge in [-0.05, 0) is 69.5 Å². The van der Waals surface area contributed by atoms with Crippen LogP contribution in [0.4, 0.5) is 5.69 Å². The summed E-state index contributed by atoms with van der Waals surface area (Å²) >= 11 is 0. The zero-order chi connectivity index (χ0) is 17.6. The summed E-state index contributed by atoms with van der Waals surface area (Å²) in [5.41, 5.74) is 7.20. The van der Waals surface area contributed by atoms with E-state index in [4.69, 9.17) is 5.73 Å². The number of hydrogen-bond acceptors (Lipinski definition) is 4. The van der Waals surface area contributed by atoms with Crippen LogP contribution in [0.5, 0.6) is 0 Å². The smallest absolute Gasteiger partial charge is 0.251 e. The third kappa shape index (κ3) is 5.03. The van der Waals surface area contributed by atoms with E-state index in [9.17, 15) is 9.59 Å². The van der Waals surface area contributed by atoms with Gasteiger partial charge in [0.1, 0.15) is 0 Å². The highest BCUT2D eigenvalue weighted by Gasteiger charge is 2.27. The minimum absolute atomic E-state index is 0.00330. The Morgan fingerprint density at radius 1 is 1.12 bits per heavy atom. The molecule has 2 amide bonds. The van der Waals surface area contributed by atoms with Crippen LogP contribution in [-0.2, 0) is 4.79 Å². The van der Waals surface area contributed by atoms with Crippen molar-refractivity contribution in [3.63, 3.8) is 0 Å². The Labute approximate surface area is 149 Å². The van der Waals surface area contributed by atoms with E-state index in [0.29, 0.717) is 12.1 Å². The first-order chi connectivity index (χ1) is 12.1. The lowest BCUT2D eigenvalue weighted by atomic mass is 10.1. The molecule has 6 nitrogen and oxygen atoms in total. The summed E-state index contributed by atoms with van der Waals surface area (Å²) in [5, 5.41) is 5.87. The minimum Gasteiger partial charge on any atom is -0.351 e. The summed E-state index contributed by atoms with van der Waals surface area (Å²) in [6.45, 7) is 3.84. The maximum atomic E-state index is 12.2. The van der Waals surface area contributed by atoms with Crippen LogP contribution in [0.25, 0.3) is 0 Å². The number of nitrogens with zero attached hydrogens (tertiary/aromatic N) is 1. The Morgan fingerprint density at radius 3 is 2.48 bits per heavy atom. The summed E-state index contributed by atoms with van der Waals surface area (Å²) in [4.78, 5) is 26.7. The average molecular weight is 344 g/mol. The van der Waals surface area contributed by atoms with Crippen molar-refractivity contribution in [2.75, 3.05) is 31.5 Å². The summed E-state index contributed by atoms with van der Waals surface area (Å²) in [6.07, 6.45) is 5.03. The highest BCUT2D eigenvalue weighted by atomic mass is 16.2. The zero-order valence-electron chi connectivity index (χ0n) is 14.7. The van der Waals surface area contributed by atoms with Crippen LogP contribution < -0.4 is 16.4 Å². The van der Waals surface area contributed by atoms with E-state index in [1.54, 1.807) is 24.3 Å². The molecule has 1 saturated heterocycles. The molecular formula is C19H28N4O2. The van der Waals surface area contributed by atoms with Crippen molar-refractivity contribution in [1.29, 1.82) is 0 Å². The Morgan fingerprint density at radius 2 is 1.84 bits per heavy atom. The first kappa shape index (κ1) is 17.9. The van der Waals surface area contributed by atoms with Gasteiger partial charge in [-0.15, -0.1) is 0 Å². The van der Waals surface area contributed by atoms with Gasteiger partial charge in [-0.25, -0.2) is 0 Å². The van der Waals surface area contributed by atoms with E-state index in [2.05, 4.69) is 15.5 Å². The Kier molecular flexibility index (Phi) is 6.04. The number of anilines is 1. The molecule has 25 heavy (non-hydrogen) atoms. The second kappa shape index (κ2) is 8.45. The molecule has 2 fully saturated rings. The van der Waals surface area contributed by atoms with Crippen molar-refractivity contribution < 1.29 is 9.59 Å². The molecule has 0 radical (unpaired) electrons. The number of benzene rings is 1. The molecule has 1 aromatic carbocycles. The lowest BCUT2D eigenvalue weighted by molar-refractivity contribution is -0.119. The Bertz CT molecular complexity index is 596. The number of nitrogens with one attached hydrogen (secondary N) is 2. The van der Waals surface area contributed by atoms with Crippen molar-refractivity contribution in [2.45, 2.75) is 38.1 Å². The van der Waals surface area contributed by atoms with E-state index in [1.165, 1.54) is 12.8 Å². The van der Waals surface area contributed by atoms with Gasteiger partial charge in [0, 0.05) is 36.3 Å². The van der Waals surface area contributed by atoms with Gasteiger partial charge in [-0.2, -0.15) is 0 Å². The van der Waals surface area contributed by atoms with Crippen LogP contribution in [0.2, 0.25) is 0 Å². The van der Waals surface area contributed by atoms with Gasteiger partial charge in [-0.1, -0.05) is 0 Å². The highest BCUT2D eigenvalue weighted by Crippen LogP contribution is 2.25. The molecule has 6 heteroatoms. The van der Waals surface area contributed by atoms with Crippen LogP contribution in [0.3, 0.4) is 0 Å². The van der Waals surface area contributed by atoms with Gasteiger partial charge in [0.05, 0.1) is 0 Å². The van der Waals surface area contributed by atoms with E-state index in [-0.39, 0.29) is 23.8 Å². The fourth-order valence-electron chi connectivity index (χ4n) is 3.64. The number of hydrogen-bond donors (Lipinski definition) is 3. The number of carbonyl (C=O) groups excluding carboxylic acids is 2. The number of rotatable bonds is 6. The summed E-state index contributed by atoms with van der Waals surface area (Å²) in [7, 11) is 0. The van der Waals surface area contributed by atoms with Crippen LogP contribution >= 0.6 is 0 Å². The molecule has 1 aliphatic carbocycles. The summed E-state index contributed by atoms with van der Waals surface area (Å²) < 4.78 is 0. The van der Waals surface area contributed by atoms with Crippen LogP contribution in [0, 0.1) is 5.92 Å². The van der Waals surface area contributed by atoms with Gasteiger partial charge in [0.25, 0.3) is 5.91 Å². The van der Waals surface area contributed by atoms with Crippen LogP contribution in [0.15, 0.2) is 24.3 Å². The van der Waals surface area contributed by atoms with E-state index >= 15 is 0 Å². The topological polar surface area (TPSA) is 87.5 Å². The van der Waals surface area contributed by atoms with Crippen molar-refractivity contribution in [1.82, 2.24) is 10.2 Å². The second-order valence-electron chi connectivity index (χ2n) is 7.14. The van der Waals surface area contributed by atoms with E-state index in [0.717, 1.165) is 44.6 Å². The molecule has 0 aromatic heterocycles. The maximum absolute atomic E-state index is 12.2. The molecule has 3 rings (SSSR count). The molecule has 2 aliphatic rings. The molecule has 1 heterocycles. The van der Waals surface area contributed by atoms with E-state index in [1.807, 2.05) is 0 Å².